The van der Waals surface area contributed by atoms with E-state index in [1.165, 1.54) is 39.9 Å². The van der Waals surface area contributed by atoms with Crippen LogP contribution in [-0.4, -0.2) is 4.98 Å². The number of thioether (sulfide) groups is 1. The van der Waals surface area contributed by atoms with Gasteiger partial charge in [-0.05, 0) is 55.0 Å². The highest BCUT2D eigenvalue weighted by Gasteiger charge is 2.18. The third-order valence-corrected chi connectivity index (χ3v) is 5.90. The minimum atomic E-state index is 0.797. The van der Waals surface area contributed by atoms with Gasteiger partial charge in [-0.3, -0.25) is 4.98 Å². The Morgan fingerprint density at radius 2 is 1.74 bits per heavy atom. The maximum Gasteiger partial charge on any atom is 0.0716 e. The molecule has 1 heterocycles. The molecule has 0 N–H and O–H groups in total. The second-order valence-corrected chi connectivity index (χ2v) is 7.43. The molecule has 0 aliphatic heterocycles. The van der Waals surface area contributed by atoms with Crippen molar-refractivity contribution in [3.8, 4) is 0 Å². The minimum Gasteiger partial charge on any atom is -0.252 e. The average Bonchev–Trinajstić information content (AvgIpc) is 2.60. The fraction of sp³-hybridized carbons (Fsp3) is 0.250. The zero-order valence-corrected chi connectivity index (χ0v) is 14.5. The van der Waals surface area contributed by atoms with Gasteiger partial charge in [0.25, 0.3) is 0 Å². The number of aryl methyl sites for hydroxylation is 1. The Kier molecular flexibility index (Phi) is 4.28. The van der Waals surface area contributed by atoms with Crippen molar-refractivity contribution < 1.29 is 0 Å². The van der Waals surface area contributed by atoms with Crippen molar-refractivity contribution in [1.29, 1.82) is 0 Å². The number of para-hydroxylation sites is 1. The van der Waals surface area contributed by atoms with Crippen LogP contribution in [0.4, 0.5) is 0 Å². The van der Waals surface area contributed by atoms with Gasteiger partial charge in [-0.1, -0.05) is 41.9 Å². The van der Waals surface area contributed by atoms with E-state index in [0.717, 1.165) is 29.1 Å². The molecular weight excluding hydrogens is 322 g/mol. The third-order valence-electron chi connectivity index (χ3n) is 4.41. The van der Waals surface area contributed by atoms with Crippen molar-refractivity contribution in [2.45, 2.75) is 36.3 Å². The highest BCUT2D eigenvalue weighted by atomic mass is 35.5. The topological polar surface area (TPSA) is 12.9 Å². The Morgan fingerprint density at radius 3 is 2.61 bits per heavy atom. The number of benzene rings is 2. The first kappa shape index (κ1) is 15.0. The van der Waals surface area contributed by atoms with E-state index in [2.05, 4.69) is 36.4 Å². The van der Waals surface area contributed by atoms with E-state index in [9.17, 15) is 0 Å². The van der Waals surface area contributed by atoms with Gasteiger partial charge < -0.3 is 0 Å². The first-order valence-corrected chi connectivity index (χ1v) is 9.45. The molecule has 23 heavy (non-hydrogen) atoms. The molecular formula is C20H18ClNS. The van der Waals surface area contributed by atoms with E-state index in [1.54, 1.807) is 0 Å². The van der Waals surface area contributed by atoms with E-state index in [-0.39, 0.29) is 0 Å². The van der Waals surface area contributed by atoms with E-state index in [1.807, 2.05) is 23.9 Å². The zero-order valence-electron chi connectivity index (χ0n) is 12.9. The molecule has 0 unspecified atom stereocenters. The Labute approximate surface area is 146 Å². The molecule has 0 saturated heterocycles. The van der Waals surface area contributed by atoms with Crippen molar-refractivity contribution in [2.24, 2.45) is 0 Å². The molecule has 116 valence electrons. The summed E-state index contributed by atoms with van der Waals surface area (Å²) in [6.45, 7) is 0. The lowest BCUT2D eigenvalue weighted by Gasteiger charge is -2.20. The first-order valence-electron chi connectivity index (χ1n) is 8.09. The number of nitrogens with zero attached hydrogens (tertiary/aromatic N) is 1. The molecule has 0 atom stereocenters. The SMILES string of the molecule is Clc1ccc(CSc2c3c(nc4ccccc24)CCCC3)cc1. The Bertz CT molecular complexity index is 842. The summed E-state index contributed by atoms with van der Waals surface area (Å²) in [6.07, 6.45) is 4.83. The molecule has 3 aromatic rings. The van der Waals surface area contributed by atoms with Crippen LogP contribution in [-0.2, 0) is 18.6 Å². The summed E-state index contributed by atoms with van der Waals surface area (Å²) < 4.78 is 0. The molecule has 0 fully saturated rings. The molecule has 0 bridgehead atoms. The molecule has 0 spiro atoms. The number of aromatic nitrogens is 1. The van der Waals surface area contributed by atoms with Gasteiger partial charge in [0.1, 0.15) is 0 Å². The minimum absolute atomic E-state index is 0.797. The molecule has 1 aromatic heterocycles. The quantitative estimate of drug-likeness (QED) is 0.538. The van der Waals surface area contributed by atoms with Gasteiger partial charge in [-0.2, -0.15) is 0 Å². The average molecular weight is 340 g/mol. The van der Waals surface area contributed by atoms with Crippen LogP contribution in [0.15, 0.2) is 53.4 Å². The number of fused-ring (bicyclic) bond motifs is 2. The Balaban J connectivity index is 1.73. The maximum absolute atomic E-state index is 5.99. The lowest BCUT2D eigenvalue weighted by Crippen LogP contribution is -2.07. The van der Waals surface area contributed by atoms with E-state index < -0.39 is 0 Å². The van der Waals surface area contributed by atoms with E-state index in [0.29, 0.717) is 0 Å². The molecule has 0 saturated carbocycles. The van der Waals surface area contributed by atoms with Crippen LogP contribution in [0.5, 0.6) is 0 Å². The highest BCUT2D eigenvalue weighted by Crippen LogP contribution is 2.37. The van der Waals surface area contributed by atoms with Crippen LogP contribution >= 0.6 is 23.4 Å². The van der Waals surface area contributed by atoms with Crippen molar-refractivity contribution >= 4 is 34.3 Å². The van der Waals surface area contributed by atoms with Crippen molar-refractivity contribution in [2.75, 3.05) is 0 Å². The van der Waals surface area contributed by atoms with Crippen molar-refractivity contribution in [3.63, 3.8) is 0 Å². The van der Waals surface area contributed by atoms with Gasteiger partial charge in [-0.15, -0.1) is 11.8 Å². The molecule has 1 nitrogen and oxygen atoms in total. The summed E-state index contributed by atoms with van der Waals surface area (Å²) in [5.41, 5.74) is 5.24. The van der Waals surface area contributed by atoms with Crippen LogP contribution in [0.25, 0.3) is 10.9 Å². The van der Waals surface area contributed by atoms with Gasteiger partial charge >= 0.3 is 0 Å². The Morgan fingerprint density at radius 1 is 0.957 bits per heavy atom. The van der Waals surface area contributed by atoms with Crippen molar-refractivity contribution in [3.05, 3.63) is 70.4 Å². The van der Waals surface area contributed by atoms with Gasteiger partial charge in [-0.25, -0.2) is 0 Å². The molecule has 1 aliphatic carbocycles. The Hall–Kier alpha value is -1.51. The monoisotopic (exact) mass is 339 g/mol. The summed E-state index contributed by atoms with van der Waals surface area (Å²) in [7, 11) is 0. The predicted octanol–water partition coefficient (Wildman–Crippen LogP) is 6.06. The zero-order chi connectivity index (χ0) is 15.6. The number of hydrogen-bond acceptors (Lipinski definition) is 2. The van der Waals surface area contributed by atoms with Crippen LogP contribution in [0.2, 0.25) is 5.02 Å². The summed E-state index contributed by atoms with van der Waals surface area (Å²) in [4.78, 5) is 6.34. The lowest BCUT2D eigenvalue weighted by atomic mass is 9.94. The molecule has 2 aromatic carbocycles. The molecule has 0 amide bonds. The third kappa shape index (κ3) is 3.11. The molecule has 1 aliphatic rings. The first-order chi connectivity index (χ1) is 11.3. The van der Waals surface area contributed by atoms with Gasteiger partial charge in [0.05, 0.1) is 5.52 Å². The highest BCUT2D eigenvalue weighted by molar-refractivity contribution is 7.98. The molecule has 4 rings (SSSR count). The number of rotatable bonds is 3. The van der Waals surface area contributed by atoms with E-state index in [4.69, 9.17) is 16.6 Å². The van der Waals surface area contributed by atoms with Gasteiger partial charge in [0, 0.05) is 26.8 Å². The normalized spacial score (nSPS) is 14.0. The lowest BCUT2D eigenvalue weighted by molar-refractivity contribution is 0.662. The van der Waals surface area contributed by atoms with Crippen LogP contribution in [0, 0.1) is 0 Å². The largest absolute Gasteiger partial charge is 0.252 e. The van der Waals surface area contributed by atoms with Crippen LogP contribution < -0.4 is 0 Å². The van der Waals surface area contributed by atoms with Gasteiger partial charge in [0.15, 0.2) is 0 Å². The standard InChI is InChI=1S/C20H18ClNS/c21-15-11-9-14(10-12-15)13-23-20-16-5-1-3-7-18(16)22-19-8-4-2-6-17(19)20/h1,3,5,7,9-12H,2,4,6,8,13H2. The second-order valence-electron chi connectivity index (χ2n) is 6.01. The molecule has 0 radical (unpaired) electrons. The van der Waals surface area contributed by atoms with Crippen LogP contribution in [0.1, 0.15) is 29.7 Å². The number of halogens is 1. The number of hydrogen-bond donors (Lipinski definition) is 0. The fourth-order valence-electron chi connectivity index (χ4n) is 3.23. The van der Waals surface area contributed by atoms with Gasteiger partial charge in [0.2, 0.25) is 0 Å². The van der Waals surface area contributed by atoms with Crippen LogP contribution in [0.3, 0.4) is 0 Å². The molecule has 3 heteroatoms. The number of pyridine rings is 1. The second kappa shape index (κ2) is 6.54. The van der Waals surface area contributed by atoms with Crippen molar-refractivity contribution in [1.82, 2.24) is 4.98 Å². The summed E-state index contributed by atoms with van der Waals surface area (Å²) >= 11 is 7.93. The maximum atomic E-state index is 5.99. The summed E-state index contributed by atoms with van der Waals surface area (Å²) in [5.74, 6) is 0.970. The smallest absolute Gasteiger partial charge is 0.0716 e. The summed E-state index contributed by atoms with van der Waals surface area (Å²) in [6, 6.07) is 16.7. The van der Waals surface area contributed by atoms with E-state index >= 15 is 0 Å². The predicted molar refractivity (Wildman–Crippen MR) is 99.4 cm³/mol. The fourth-order valence-corrected chi connectivity index (χ4v) is 4.58. The summed E-state index contributed by atoms with van der Waals surface area (Å²) in [5, 5.41) is 2.10.